The van der Waals surface area contributed by atoms with E-state index >= 15 is 4.39 Å². The van der Waals surface area contributed by atoms with E-state index in [9.17, 15) is 23.7 Å². The quantitative estimate of drug-likeness (QED) is 0.100. The third-order valence-electron chi connectivity index (χ3n) is 12.7. The second-order valence-electron chi connectivity index (χ2n) is 17.0. The summed E-state index contributed by atoms with van der Waals surface area (Å²) >= 11 is 1.20. The summed E-state index contributed by atoms with van der Waals surface area (Å²) in [6.07, 6.45) is 10.4. The van der Waals surface area contributed by atoms with Crippen molar-refractivity contribution in [1.29, 1.82) is 0 Å². The Kier molecular flexibility index (Phi) is 11.9. The minimum Gasteiger partial charge on any atom is -0.465 e. The monoisotopic (exact) mass is 857 g/mol. The van der Waals surface area contributed by atoms with Crippen LogP contribution in [0.25, 0.3) is 10.1 Å². The van der Waals surface area contributed by atoms with Gasteiger partial charge in [-0.05, 0) is 130 Å². The average Bonchev–Trinajstić information content (AvgIpc) is 3.55. The van der Waals surface area contributed by atoms with Gasteiger partial charge in [0.15, 0.2) is 0 Å². The number of benzene rings is 2. The Balaban J connectivity index is 0.983. The molecule has 7 atom stereocenters. The van der Waals surface area contributed by atoms with Gasteiger partial charge >= 0.3 is 13.5 Å². The van der Waals surface area contributed by atoms with Gasteiger partial charge in [0.1, 0.15) is 23.9 Å². The second-order valence-corrected chi connectivity index (χ2v) is 20.2. The van der Waals surface area contributed by atoms with Crippen LogP contribution < -0.4 is 14.9 Å². The number of ether oxygens (including phenoxy) is 1. The van der Waals surface area contributed by atoms with E-state index < -0.39 is 43.4 Å². The van der Waals surface area contributed by atoms with Crippen molar-refractivity contribution >= 4 is 52.6 Å². The maximum Gasteiger partial charge on any atom is 0.355 e. The first-order valence-corrected chi connectivity index (χ1v) is 23.6. The standard InChI is InChI=1S/C45H53FN5O7PS/c1-5-21-57-44(55)29(4)49-59(56,58-39-27(2)9-6-10-28(39)3)40(46)30-14-17-37-32(22-30)23-38(60-37)41(52)48-35-13-7-12-34-15-16-36(51(34)42(35)53)43(54)50-26-33(24-45(50)18-19-45)31-11-8-20-47-25-31/h6,8-11,14,17,20,22-23,25,29,33-36,40H,5,7,12-13,15-16,18-19,21,24,26H2,1-4H3,(H,48,52)(H,49,56)/t29-,33-,34-,35-,36-,40+,59?/m0/s1. The zero-order valence-electron chi connectivity index (χ0n) is 34.5. The molecule has 4 aliphatic rings. The Morgan fingerprint density at radius 2 is 1.83 bits per heavy atom. The van der Waals surface area contributed by atoms with Crippen LogP contribution in [0.3, 0.4) is 0 Å². The highest BCUT2D eigenvalue weighted by Gasteiger charge is 2.58. The molecule has 15 heteroatoms. The van der Waals surface area contributed by atoms with E-state index in [1.165, 1.54) is 30.4 Å². The zero-order valence-corrected chi connectivity index (χ0v) is 36.2. The fourth-order valence-corrected chi connectivity index (χ4v) is 12.3. The summed E-state index contributed by atoms with van der Waals surface area (Å²) in [4.78, 5) is 63.8. The summed E-state index contributed by atoms with van der Waals surface area (Å²) < 4.78 is 43.3. The molecule has 1 aliphatic carbocycles. The molecule has 3 aliphatic heterocycles. The topological polar surface area (TPSA) is 147 Å². The lowest BCUT2D eigenvalue weighted by Crippen LogP contribution is -2.56. The van der Waals surface area contributed by atoms with Gasteiger partial charge < -0.3 is 24.4 Å². The average molecular weight is 858 g/mol. The molecule has 0 bridgehead atoms. The van der Waals surface area contributed by atoms with E-state index in [1.54, 1.807) is 49.2 Å². The molecule has 1 unspecified atom stereocenters. The number of nitrogens with zero attached hydrogens (tertiary/aromatic N) is 3. The van der Waals surface area contributed by atoms with Crippen molar-refractivity contribution in [3.8, 4) is 5.75 Å². The Morgan fingerprint density at radius 1 is 1.05 bits per heavy atom. The molecule has 0 radical (unpaired) electrons. The third kappa shape index (κ3) is 8.22. The number of nitrogens with one attached hydrogen (secondary N) is 2. The Hall–Kier alpha value is -4.65. The molecule has 12 nitrogen and oxygen atoms in total. The lowest BCUT2D eigenvalue weighted by atomic mass is 9.97. The van der Waals surface area contributed by atoms with Crippen LogP contribution in [0.4, 0.5) is 4.39 Å². The van der Waals surface area contributed by atoms with Gasteiger partial charge in [0.2, 0.25) is 17.7 Å². The smallest absolute Gasteiger partial charge is 0.355 e. The van der Waals surface area contributed by atoms with E-state index in [2.05, 4.69) is 21.5 Å². The van der Waals surface area contributed by atoms with Crippen LogP contribution in [0.15, 0.2) is 67.0 Å². The molecule has 2 aromatic carbocycles. The summed E-state index contributed by atoms with van der Waals surface area (Å²) in [6.45, 7) is 7.62. The predicted molar refractivity (Wildman–Crippen MR) is 228 cm³/mol. The van der Waals surface area contributed by atoms with Gasteiger partial charge in [-0.3, -0.25) is 28.7 Å². The maximum absolute atomic E-state index is 16.8. The molecule has 8 rings (SSSR count). The minimum absolute atomic E-state index is 0.0123. The zero-order chi connectivity index (χ0) is 42.3. The van der Waals surface area contributed by atoms with Crippen molar-refractivity contribution in [2.45, 2.75) is 127 Å². The minimum atomic E-state index is -4.49. The number of halogens is 1. The predicted octanol–water partition coefficient (Wildman–Crippen LogP) is 8.28. The Morgan fingerprint density at radius 3 is 2.55 bits per heavy atom. The number of hydrogen-bond acceptors (Lipinski definition) is 9. The van der Waals surface area contributed by atoms with E-state index in [0.717, 1.165) is 44.1 Å². The molecule has 60 heavy (non-hydrogen) atoms. The highest BCUT2D eigenvalue weighted by Crippen LogP contribution is 2.59. The molecular weight excluding hydrogens is 805 g/mol. The first kappa shape index (κ1) is 42.1. The van der Waals surface area contributed by atoms with Crippen molar-refractivity contribution in [2.75, 3.05) is 13.2 Å². The van der Waals surface area contributed by atoms with Gasteiger partial charge in [0.05, 0.1) is 11.5 Å². The summed E-state index contributed by atoms with van der Waals surface area (Å²) in [5, 5.41) is 6.18. The Labute approximate surface area is 354 Å². The van der Waals surface area contributed by atoms with Crippen molar-refractivity contribution < 1.29 is 37.4 Å². The molecule has 4 fully saturated rings. The van der Waals surface area contributed by atoms with Crippen LogP contribution in [0.2, 0.25) is 0 Å². The molecule has 2 aromatic heterocycles. The number of carbonyl (C=O) groups excluding carboxylic acids is 4. The molecule has 1 spiro atoms. The number of aryl methyl sites for hydroxylation is 2. The van der Waals surface area contributed by atoms with Crippen molar-refractivity contribution in [1.82, 2.24) is 25.2 Å². The van der Waals surface area contributed by atoms with Crippen LogP contribution in [0.1, 0.15) is 115 Å². The van der Waals surface area contributed by atoms with Crippen molar-refractivity contribution in [2.24, 2.45) is 0 Å². The number of rotatable bonds is 13. The van der Waals surface area contributed by atoms with E-state index in [4.69, 9.17) is 9.26 Å². The second kappa shape index (κ2) is 17.0. The normalized spacial score (nSPS) is 24.1. The summed E-state index contributed by atoms with van der Waals surface area (Å²) in [6, 6.07) is 13.1. The van der Waals surface area contributed by atoms with Gasteiger partial charge in [-0.1, -0.05) is 37.3 Å². The molecular formula is C45H53FN5O7PS. The van der Waals surface area contributed by atoms with E-state index in [0.29, 0.717) is 51.9 Å². The lowest BCUT2D eigenvalue weighted by Gasteiger charge is -2.34. The lowest BCUT2D eigenvalue weighted by molar-refractivity contribution is -0.147. The van der Waals surface area contributed by atoms with Crippen LogP contribution in [0, 0.1) is 13.8 Å². The number of likely N-dealkylation sites (tertiary alicyclic amines) is 1. The Bertz CT molecular complexity index is 2320. The van der Waals surface area contributed by atoms with Gasteiger partial charge in [-0.2, -0.15) is 0 Å². The first-order valence-electron chi connectivity index (χ1n) is 21.1. The van der Waals surface area contributed by atoms with Crippen molar-refractivity contribution in [3.63, 3.8) is 0 Å². The number of aromatic nitrogens is 1. The summed E-state index contributed by atoms with van der Waals surface area (Å²) in [7, 11) is -4.49. The van der Waals surface area contributed by atoms with Crippen LogP contribution >= 0.6 is 18.9 Å². The molecule has 1 saturated carbocycles. The van der Waals surface area contributed by atoms with Gasteiger partial charge in [-0.15, -0.1) is 11.3 Å². The number of alkyl halides is 1. The van der Waals surface area contributed by atoms with Crippen LogP contribution in [0.5, 0.6) is 5.75 Å². The maximum atomic E-state index is 16.8. The highest BCUT2D eigenvalue weighted by atomic mass is 32.1. The first-order chi connectivity index (χ1) is 28.8. The SMILES string of the molecule is CCCOC(=O)[C@H](C)NP(=O)(Oc1c(C)cccc1C)[C@@H](F)c1ccc2sc(C(=O)N[C@H]3CCC[C@H]4CC[C@@H](C(=O)N5C[C@@H](c6cccnc6)CC56CC6)N4C3=O)cc2c1. The summed E-state index contributed by atoms with van der Waals surface area (Å²) in [5.74, 6) is -3.05. The molecule has 3 amide bonds. The number of amides is 3. The number of carbonyl (C=O) groups is 4. The number of pyridine rings is 1. The fraction of sp³-hybridized carbons (Fsp3) is 0.489. The number of para-hydroxylation sites is 1. The van der Waals surface area contributed by atoms with E-state index in [-0.39, 0.29) is 47.2 Å². The molecule has 318 valence electrons. The molecule has 2 N–H and O–H groups in total. The fourth-order valence-electron chi connectivity index (χ4n) is 9.36. The van der Waals surface area contributed by atoms with Crippen LogP contribution in [-0.2, 0) is 23.7 Å². The molecule has 5 heterocycles. The largest absolute Gasteiger partial charge is 0.465 e. The molecule has 3 saturated heterocycles. The number of esters is 1. The highest BCUT2D eigenvalue weighted by molar-refractivity contribution is 7.57. The number of fused-ring (bicyclic) bond motifs is 2. The van der Waals surface area contributed by atoms with Crippen LogP contribution in [-0.4, -0.2) is 81.3 Å². The number of thiophene rings is 1. The van der Waals surface area contributed by atoms with Gasteiger partial charge in [0, 0.05) is 41.1 Å². The summed E-state index contributed by atoms with van der Waals surface area (Å²) in [5.41, 5.74) is 2.32. The van der Waals surface area contributed by atoms with Gasteiger partial charge in [-0.25, -0.2) is 9.48 Å². The molecule has 4 aromatic rings. The van der Waals surface area contributed by atoms with Gasteiger partial charge in [0.25, 0.3) is 5.91 Å². The number of hydrogen-bond donors (Lipinski definition) is 2. The van der Waals surface area contributed by atoms with E-state index in [1.807, 2.05) is 30.2 Å². The van der Waals surface area contributed by atoms with Crippen molar-refractivity contribution in [3.05, 3.63) is 94.1 Å². The third-order valence-corrected chi connectivity index (χ3v) is 15.9.